The summed E-state index contributed by atoms with van der Waals surface area (Å²) in [5.74, 6) is 0.362. The molecule has 0 aromatic heterocycles. The van der Waals surface area contributed by atoms with E-state index in [1.165, 1.54) is 37.5 Å². The molecule has 0 N–H and O–H groups in total. The Labute approximate surface area is 133 Å². The van der Waals surface area contributed by atoms with Gasteiger partial charge in [0.1, 0.15) is 0 Å². The lowest BCUT2D eigenvalue weighted by Gasteiger charge is -2.14. The lowest BCUT2D eigenvalue weighted by Crippen LogP contribution is -1.97. The summed E-state index contributed by atoms with van der Waals surface area (Å²) in [5, 5.41) is 2.61. The van der Waals surface area contributed by atoms with Crippen LogP contribution in [0.25, 0.3) is 16.8 Å². The highest BCUT2D eigenvalue weighted by molar-refractivity contribution is 9.10. The lowest BCUT2D eigenvalue weighted by atomic mass is 9.91. The van der Waals surface area contributed by atoms with E-state index in [1.54, 1.807) is 0 Å². The SMILES string of the molecule is Cc1cc(Br)c2c(c1)C(c1ccc3ccccc3c1)C=C2. The van der Waals surface area contributed by atoms with Crippen molar-refractivity contribution in [2.24, 2.45) is 0 Å². The molecule has 1 unspecified atom stereocenters. The molecule has 1 heteroatoms. The Morgan fingerprint density at radius 3 is 2.57 bits per heavy atom. The first-order valence-electron chi connectivity index (χ1n) is 7.19. The average molecular weight is 335 g/mol. The van der Waals surface area contributed by atoms with Gasteiger partial charge in [-0.2, -0.15) is 0 Å². The summed E-state index contributed by atoms with van der Waals surface area (Å²) in [6.07, 6.45) is 4.54. The maximum atomic E-state index is 3.69. The Balaban J connectivity index is 1.87. The standard InChI is InChI=1S/C20H15Br/c1-13-10-19-17(8-9-18(19)20(21)11-13)16-7-6-14-4-2-3-5-15(14)12-16/h2-12,17H,1H3. The third kappa shape index (κ3) is 2.13. The number of hydrogen-bond acceptors (Lipinski definition) is 0. The third-order valence-corrected chi connectivity index (χ3v) is 4.89. The van der Waals surface area contributed by atoms with Crippen molar-refractivity contribution >= 4 is 32.8 Å². The number of halogens is 1. The zero-order chi connectivity index (χ0) is 14.4. The van der Waals surface area contributed by atoms with Crippen LogP contribution in [0.1, 0.15) is 28.2 Å². The highest BCUT2D eigenvalue weighted by atomic mass is 79.9. The third-order valence-electron chi connectivity index (χ3n) is 4.23. The van der Waals surface area contributed by atoms with Gasteiger partial charge in [0, 0.05) is 10.4 Å². The zero-order valence-corrected chi connectivity index (χ0v) is 13.4. The summed E-state index contributed by atoms with van der Waals surface area (Å²) in [6, 6.07) is 19.8. The first-order chi connectivity index (χ1) is 10.2. The zero-order valence-electron chi connectivity index (χ0n) is 11.8. The van der Waals surface area contributed by atoms with Crippen LogP contribution in [0.2, 0.25) is 0 Å². The van der Waals surface area contributed by atoms with Gasteiger partial charge in [0.05, 0.1) is 0 Å². The van der Waals surface area contributed by atoms with E-state index in [-0.39, 0.29) is 0 Å². The Hall–Kier alpha value is -1.86. The fourth-order valence-corrected chi connectivity index (χ4v) is 3.92. The van der Waals surface area contributed by atoms with Crippen molar-refractivity contribution in [2.75, 3.05) is 0 Å². The molecule has 0 saturated heterocycles. The minimum atomic E-state index is 0.362. The topological polar surface area (TPSA) is 0 Å². The van der Waals surface area contributed by atoms with Crippen molar-refractivity contribution in [2.45, 2.75) is 12.8 Å². The lowest BCUT2D eigenvalue weighted by molar-refractivity contribution is 1.05. The maximum Gasteiger partial charge on any atom is 0.0279 e. The Kier molecular flexibility index (Phi) is 2.97. The van der Waals surface area contributed by atoms with Gasteiger partial charge in [-0.15, -0.1) is 0 Å². The summed E-state index contributed by atoms with van der Waals surface area (Å²) >= 11 is 3.69. The van der Waals surface area contributed by atoms with E-state index >= 15 is 0 Å². The molecule has 3 aromatic carbocycles. The summed E-state index contributed by atoms with van der Waals surface area (Å²) < 4.78 is 1.19. The summed E-state index contributed by atoms with van der Waals surface area (Å²) in [4.78, 5) is 0. The van der Waals surface area contributed by atoms with E-state index in [1.807, 2.05) is 0 Å². The van der Waals surface area contributed by atoms with Gasteiger partial charge in [-0.3, -0.25) is 0 Å². The first-order valence-corrected chi connectivity index (χ1v) is 7.98. The first kappa shape index (κ1) is 12.8. The highest BCUT2D eigenvalue weighted by Gasteiger charge is 2.21. The number of hydrogen-bond donors (Lipinski definition) is 0. The summed E-state index contributed by atoms with van der Waals surface area (Å²) in [6.45, 7) is 2.15. The van der Waals surface area contributed by atoms with Gasteiger partial charge in [0.2, 0.25) is 0 Å². The monoisotopic (exact) mass is 334 g/mol. The minimum absolute atomic E-state index is 0.362. The van der Waals surface area contributed by atoms with E-state index < -0.39 is 0 Å². The number of benzene rings is 3. The van der Waals surface area contributed by atoms with Crippen LogP contribution in [0.15, 0.2) is 65.1 Å². The van der Waals surface area contributed by atoms with E-state index in [0.29, 0.717) is 5.92 Å². The summed E-state index contributed by atoms with van der Waals surface area (Å²) in [5.41, 5.74) is 5.38. The van der Waals surface area contributed by atoms with Crippen molar-refractivity contribution in [3.8, 4) is 0 Å². The van der Waals surface area contributed by atoms with Crippen LogP contribution >= 0.6 is 15.9 Å². The molecule has 3 aromatic rings. The van der Waals surface area contributed by atoms with Gasteiger partial charge in [0.25, 0.3) is 0 Å². The van der Waals surface area contributed by atoms with Gasteiger partial charge in [-0.25, -0.2) is 0 Å². The molecule has 0 fully saturated rings. The molecule has 4 rings (SSSR count). The molecule has 1 atom stereocenters. The number of aryl methyl sites for hydroxylation is 1. The Morgan fingerprint density at radius 1 is 0.905 bits per heavy atom. The van der Waals surface area contributed by atoms with Crippen LogP contribution in [-0.2, 0) is 0 Å². The van der Waals surface area contributed by atoms with Crippen LogP contribution in [0, 0.1) is 6.92 Å². The molecule has 0 heterocycles. The number of rotatable bonds is 1. The fourth-order valence-electron chi connectivity index (χ4n) is 3.20. The minimum Gasteiger partial charge on any atom is -0.0720 e. The van der Waals surface area contributed by atoms with Crippen molar-refractivity contribution < 1.29 is 0 Å². The number of fused-ring (bicyclic) bond motifs is 2. The molecular weight excluding hydrogens is 320 g/mol. The molecule has 1 aliphatic carbocycles. The second-order valence-electron chi connectivity index (χ2n) is 5.69. The number of allylic oxidation sites excluding steroid dienone is 1. The largest absolute Gasteiger partial charge is 0.0720 e. The predicted octanol–water partition coefficient (Wildman–Crippen LogP) is 6.07. The van der Waals surface area contributed by atoms with Gasteiger partial charge >= 0.3 is 0 Å². The van der Waals surface area contributed by atoms with Gasteiger partial charge in [-0.05, 0) is 46.0 Å². The Morgan fingerprint density at radius 2 is 1.71 bits per heavy atom. The average Bonchev–Trinajstić information content (AvgIpc) is 2.91. The molecule has 21 heavy (non-hydrogen) atoms. The van der Waals surface area contributed by atoms with Crippen LogP contribution in [0.5, 0.6) is 0 Å². The van der Waals surface area contributed by atoms with Crippen molar-refractivity contribution in [1.29, 1.82) is 0 Å². The molecule has 0 aliphatic heterocycles. The van der Waals surface area contributed by atoms with Crippen LogP contribution in [0.3, 0.4) is 0 Å². The van der Waals surface area contributed by atoms with E-state index in [0.717, 1.165) is 0 Å². The molecule has 0 spiro atoms. The van der Waals surface area contributed by atoms with E-state index in [9.17, 15) is 0 Å². The second kappa shape index (κ2) is 4.85. The van der Waals surface area contributed by atoms with E-state index in [2.05, 4.69) is 89.6 Å². The quantitative estimate of drug-likeness (QED) is 0.506. The summed E-state index contributed by atoms with van der Waals surface area (Å²) in [7, 11) is 0. The van der Waals surface area contributed by atoms with Gasteiger partial charge in [0.15, 0.2) is 0 Å². The molecule has 0 bridgehead atoms. The highest BCUT2D eigenvalue weighted by Crippen LogP contribution is 2.40. The second-order valence-corrected chi connectivity index (χ2v) is 6.55. The predicted molar refractivity (Wildman–Crippen MR) is 93.7 cm³/mol. The van der Waals surface area contributed by atoms with E-state index in [4.69, 9.17) is 0 Å². The molecule has 0 saturated carbocycles. The molecule has 0 radical (unpaired) electrons. The van der Waals surface area contributed by atoms with Gasteiger partial charge in [-0.1, -0.05) is 76.6 Å². The van der Waals surface area contributed by atoms with Crippen molar-refractivity contribution in [3.05, 3.63) is 87.4 Å². The van der Waals surface area contributed by atoms with Crippen LogP contribution in [-0.4, -0.2) is 0 Å². The van der Waals surface area contributed by atoms with Crippen LogP contribution in [0.4, 0.5) is 0 Å². The normalized spacial score (nSPS) is 16.4. The van der Waals surface area contributed by atoms with Crippen molar-refractivity contribution in [3.63, 3.8) is 0 Å². The molecule has 0 amide bonds. The smallest absolute Gasteiger partial charge is 0.0279 e. The fraction of sp³-hybridized carbons (Fsp3) is 0.100. The van der Waals surface area contributed by atoms with Crippen LogP contribution < -0.4 is 0 Å². The molecular formula is C20H15Br. The molecule has 102 valence electrons. The van der Waals surface area contributed by atoms with Crippen molar-refractivity contribution in [1.82, 2.24) is 0 Å². The maximum absolute atomic E-state index is 3.69. The molecule has 1 aliphatic rings. The molecule has 0 nitrogen and oxygen atoms in total. The Bertz CT molecular complexity index is 874. The van der Waals surface area contributed by atoms with Gasteiger partial charge < -0.3 is 0 Å².